The van der Waals surface area contributed by atoms with Crippen LogP contribution in [0.25, 0.3) is 5.65 Å². The number of nitrogens with one attached hydrogen (secondary N) is 1. The van der Waals surface area contributed by atoms with Crippen LogP contribution in [0.1, 0.15) is 47.3 Å². The number of fused-ring (bicyclic) bond motifs is 1. The molecular weight excluding hydrogens is 519 g/mol. The number of carbonyl (C=O) groups excluding carboxylic acids is 1. The van der Waals surface area contributed by atoms with Gasteiger partial charge in [0.05, 0.1) is 16.0 Å². The van der Waals surface area contributed by atoms with Crippen molar-refractivity contribution in [3.63, 3.8) is 0 Å². The summed E-state index contributed by atoms with van der Waals surface area (Å²) < 4.78 is 120. The van der Waals surface area contributed by atoms with Gasteiger partial charge in [0.2, 0.25) is 14.8 Å². The number of hydrogen-bond donors (Lipinski definition) is 1. The molecule has 194 valence electrons. The molecule has 0 radical (unpaired) electrons. The first kappa shape index (κ1) is 25.9. The molecule has 0 spiro atoms. The van der Waals surface area contributed by atoms with E-state index < -0.39 is 68.0 Å². The van der Waals surface area contributed by atoms with E-state index in [1.54, 1.807) is 0 Å². The Morgan fingerprint density at radius 2 is 1.61 bits per heavy atom. The van der Waals surface area contributed by atoms with Gasteiger partial charge in [-0.1, -0.05) is 6.07 Å². The van der Waals surface area contributed by atoms with E-state index in [1.165, 1.54) is 0 Å². The minimum Gasteiger partial charge on any atom is -0.348 e. The molecule has 1 fully saturated rings. The Kier molecular flexibility index (Phi) is 6.30. The van der Waals surface area contributed by atoms with E-state index >= 15 is 4.39 Å². The van der Waals surface area contributed by atoms with E-state index in [0.717, 1.165) is 41.1 Å². The first-order valence-electron chi connectivity index (χ1n) is 10.6. The molecule has 0 saturated heterocycles. The van der Waals surface area contributed by atoms with Gasteiger partial charge in [-0.25, -0.2) is 17.8 Å². The molecule has 1 aliphatic rings. The maximum Gasteiger partial charge on any atom is 0.417 e. The summed E-state index contributed by atoms with van der Waals surface area (Å²) in [5.74, 6) is -0.746. The third kappa shape index (κ3) is 4.90. The van der Waals surface area contributed by atoms with Gasteiger partial charge in [0.1, 0.15) is 11.3 Å². The highest BCUT2D eigenvalue weighted by Crippen LogP contribution is 2.41. The average Bonchev–Trinajstić information content (AvgIpc) is 3.23. The smallest absolute Gasteiger partial charge is 0.348 e. The highest BCUT2D eigenvalue weighted by Gasteiger charge is 2.48. The summed E-state index contributed by atoms with van der Waals surface area (Å²) in [5.41, 5.74) is -2.26. The Labute approximate surface area is 200 Å². The van der Waals surface area contributed by atoms with Crippen LogP contribution in [0.15, 0.2) is 53.7 Å². The van der Waals surface area contributed by atoms with Gasteiger partial charge in [-0.15, -0.1) is 0 Å². The van der Waals surface area contributed by atoms with Crippen LogP contribution in [0.5, 0.6) is 0 Å². The summed E-state index contributed by atoms with van der Waals surface area (Å²) in [4.78, 5) is 15.7. The SMILES string of the molecule is O=C(N[C@H]1CC[C@](F)(S(=O)(=O)c2cccc(C(F)(F)F)c2)CC1)c1cn2cc(C(F)(F)F)ccc2n1. The number of alkyl halides is 7. The lowest BCUT2D eigenvalue weighted by Gasteiger charge is -2.33. The normalized spacial score (nSPS) is 21.5. The fourth-order valence-corrected chi connectivity index (χ4v) is 5.78. The summed E-state index contributed by atoms with van der Waals surface area (Å²) in [6.07, 6.45) is -8.93. The Morgan fingerprint density at radius 3 is 2.22 bits per heavy atom. The van der Waals surface area contributed by atoms with Crippen LogP contribution in [0, 0.1) is 0 Å². The van der Waals surface area contributed by atoms with Crippen LogP contribution >= 0.6 is 0 Å². The largest absolute Gasteiger partial charge is 0.417 e. The van der Waals surface area contributed by atoms with Crippen molar-refractivity contribution in [1.29, 1.82) is 0 Å². The van der Waals surface area contributed by atoms with Crippen LogP contribution in [0.3, 0.4) is 0 Å². The second kappa shape index (κ2) is 8.75. The number of carbonyl (C=O) groups is 1. The molecule has 1 amide bonds. The van der Waals surface area contributed by atoms with Crippen molar-refractivity contribution in [2.45, 2.75) is 54.0 Å². The van der Waals surface area contributed by atoms with Crippen LogP contribution in [0.4, 0.5) is 30.7 Å². The topological polar surface area (TPSA) is 80.5 Å². The van der Waals surface area contributed by atoms with Crippen LogP contribution in [0.2, 0.25) is 0 Å². The molecule has 0 atom stereocenters. The summed E-state index contributed by atoms with van der Waals surface area (Å²) in [7, 11) is -4.77. The van der Waals surface area contributed by atoms with Crippen LogP contribution in [-0.4, -0.2) is 34.8 Å². The number of imidazole rings is 1. The number of sulfone groups is 1. The Morgan fingerprint density at radius 1 is 0.972 bits per heavy atom. The van der Waals surface area contributed by atoms with Crippen molar-refractivity contribution in [1.82, 2.24) is 14.7 Å². The summed E-state index contributed by atoms with van der Waals surface area (Å²) in [6, 6.07) is 4.09. The fourth-order valence-electron chi connectivity index (χ4n) is 4.04. The third-order valence-electron chi connectivity index (χ3n) is 6.03. The van der Waals surface area contributed by atoms with E-state index in [4.69, 9.17) is 0 Å². The van der Waals surface area contributed by atoms with Crippen molar-refractivity contribution in [3.05, 3.63) is 65.6 Å². The first-order chi connectivity index (χ1) is 16.6. The zero-order chi connectivity index (χ0) is 26.5. The molecule has 6 nitrogen and oxygen atoms in total. The Hall–Kier alpha value is -3.16. The highest BCUT2D eigenvalue weighted by atomic mass is 32.2. The summed E-state index contributed by atoms with van der Waals surface area (Å²) in [6.45, 7) is 0. The van der Waals surface area contributed by atoms with Gasteiger partial charge in [-0.3, -0.25) is 4.79 Å². The van der Waals surface area contributed by atoms with E-state index in [-0.39, 0.29) is 24.2 Å². The molecule has 1 aromatic carbocycles. The predicted molar refractivity (Wildman–Crippen MR) is 112 cm³/mol. The first-order valence-corrected chi connectivity index (χ1v) is 12.1. The van der Waals surface area contributed by atoms with Gasteiger partial charge in [-0.05, 0) is 56.0 Å². The van der Waals surface area contributed by atoms with Crippen molar-refractivity contribution < 1.29 is 43.9 Å². The third-order valence-corrected chi connectivity index (χ3v) is 8.28. The van der Waals surface area contributed by atoms with Crippen molar-refractivity contribution in [2.75, 3.05) is 0 Å². The number of halogens is 7. The van der Waals surface area contributed by atoms with Gasteiger partial charge in [-0.2, -0.15) is 26.3 Å². The van der Waals surface area contributed by atoms with Crippen molar-refractivity contribution >= 4 is 21.4 Å². The van der Waals surface area contributed by atoms with Gasteiger partial charge in [0.25, 0.3) is 5.91 Å². The minimum atomic E-state index is -4.80. The van der Waals surface area contributed by atoms with Crippen molar-refractivity contribution in [2.24, 2.45) is 0 Å². The maximum absolute atomic E-state index is 15.5. The molecule has 2 aromatic heterocycles. The zero-order valence-electron chi connectivity index (χ0n) is 18.2. The van der Waals surface area contributed by atoms with Crippen LogP contribution in [-0.2, 0) is 22.2 Å². The molecule has 3 aromatic rings. The lowest BCUT2D eigenvalue weighted by Crippen LogP contribution is -2.45. The van der Waals surface area contributed by atoms with E-state index in [1.807, 2.05) is 0 Å². The number of aromatic nitrogens is 2. The predicted octanol–water partition coefficient (Wildman–Crippen LogP) is 5.18. The second-order valence-electron chi connectivity index (χ2n) is 8.47. The standard InChI is InChI=1S/C22H18F7N3O3S/c23-20(36(34,35)16-3-1-2-13(10-16)21(24,25)26)8-6-15(7-9-20)30-19(33)17-12-32-11-14(22(27,28)29)4-5-18(32)31-17/h1-5,10-12,15H,6-9H2,(H,30,33)/t15-,20-. The number of benzene rings is 1. The molecule has 36 heavy (non-hydrogen) atoms. The number of hydrogen-bond acceptors (Lipinski definition) is 4. The van der Waals surface area contributed by atoms with E-state index in [0.29, 0.717) is 12.1 Å². The quantitative estimate of drug-likeness (QED) is 0.465. The lowest BCUT2D eigenvalue weighted by atomic mass is 9.93. The van der Waals surface area contributed by atoms with Gasteiger partial charge >= 0.3 is 12.4 Å². The molecule has 1 aliphatic carbocycles. The number of amides is 1. The lowest BCUT2D eigenvalue weighted by molar-refractivity contribution is -0.138. The van der Waals surface area contributed by atoms with E-state index in [2.05, 4.69) is 10.3 Å². The second-order valence-corrected chi connectivity index (χ2v) is 10.7. The molecule has 14 heteroatoms. The van der Waals surface area contributed by atoms with Gasteiger partial charge in [0.15, 0.2) is 0 Å². The fraction of sp³-hybridized carbons (Fsp3) is 0.364. The molecule has 4 rings (SSSR count). The monoisotopic (exact) mass is 537 g/mol. The van der Waals surface area contributed by atoms with E-state index in [9.17, 15) is 39.6 Å². The highest BCUT2D eigenvalue weighted by molar-refractivity contribution is 7.92. The number of pyridine rings is 1. The Bertz CT molecular complexity index is 1410. The molecule has 0 unspecified atom stereocenters. The summed E-state index contributed by atoms with van der Waals surface area (Å²) in [5, 5.41) is -0.272. The average molecular weight is 537 g/mol. The summed E-state index contributed by atoms with van der Waals surface area (Å²) >= 11 is 0. The van der Waals surface area contributed by atoms with Crippen LogP contribution < -0.4 is 5.32 Å². The van der Waals surface area contributed by atoms with Gasteiger partial charge < -0.3 is 9.72 Å². The number of rotatable bonds is 4. The molecule has 1 saturated carbocycles. The minimum absolute atomic E-state index is 0.0896. The molecule has 1 N–H and O–H groups in total. The van der Waals surface area contributed by atoms with Crippen molar-refractivity contribution in [3.8, 4) is 0 Å². The Balaban J connectivity index is 1.45. The van der Waals surface area contributed by atoms with Gasteiger partial charge in [0, 0.05) is 18.4 Å². The zero-order valence-corrected chi connectivity index (χ0v) is 19.0. The molecule has 0 aliphatic heterocycles. The molecule has 2 heterocycles. The number of nitrogens with zero attached hydrogens (tertiary/aromatic N) is 2. The maximum atomic E-state index is 15.5. The molecule has 0 bridgehead atoms. The molecular formula is C22H18F7N3O3S.